The van der Waals surface area contributed by atoms with Crippen molar-refractivity contribution in [2.45, 2.75) is 39.5 Å². The first kappa shape index (κ1) is 17.1. The van der Waals surface area contributed by atoms with E-state index in [1.54, 1.807) is 0 Å². The van der Waals surface area contributed by atoms with Crippen molar-refractivity contribution in [3.63, 3.8) is 0 Å². The van der Waals surface area contributed by atoms with Crippen LogP contribution in [-0.2, 0) is 11.2 Å². The molecular formula is C20H24O3. The third-order valence-electron chi connectivity index (χ3n) is 3.97. The smallest absolute Gasteiger partial charge is 0.349 e. The van der Waals surface area contributed by atoms with Crippen molar-refractivity contribution in [3.05, 3.63) is 59.7 Å². The summed E-state index contributed by atoms with van der Waals surface area (Å²) in [5.41, 5.74) is 2.29. The quantitative estimate of drug-likeness (QED) is 0.547. The molecular weight excluding hydrogens is 288 g/mol. The summed E-state index contributed by atoms with van der Waals surface area (Å²) in [4.78, 5) is 12.0. The van der Waals surface area contributed by atoms with E-state index in [0.717, 1.165) is 18.4 Å². The molecule has 2 rings (SSSR count). The van der Waals surface area contributed by atoms with E-state index in [1.165, 1.54) is 5.56 Å². The van der Waals surface area contributed by atoms with Gasteiger partial charge in [-0.05, 0) is 48.1 Å². The topological polar surface area (TPSA) is 35.5 Å². The van der Waals surface area contributed by atoms with Crippen molar-refractivity contribution in [1.82, 2.24) is 0 Å². The van der Waals surface area contributed by atoms with Gasteiger partial charge in [-0.3, -0.25) is 0 Å². The number of esters is 1. The second kappa shape index (κ2) is 8.37. The zero-order chi connectivity index (χ0) is 16.7. The summed E-state index contributed by atoms with van der Waals surface area (Å²) in [7, 11) is 0. The van der Waals surface area contributed by atoms with Crippen LogP contribution in [0.2, 0.25) is 0 Å². The number of carbonyl (C=O) groups excluding carboxylic acids is 1. The van der Waals surface area contributed by atoms with Crippen molar-refractivity contribution >= 4 is 5.97 Å². The summed E-state index contributed by atoms with van der Waals surface area (Å²) in [5, 5.41) is 0. The maximum Gasteiger partial charge on any atom is 0.349 e. The molecule has 3 heteroatoms. The van der Waals surface area contributed by atoms with Gasteiger partial charge >= 0.3 is 5.97 Å². The first-order valence-electron chi connectivity index (χ1n) is 8.15. The summed E-state index contributed by atoms with van der Waals surface area (Å²) in [6.07, 6.45) is 1.98. The number of ether oxygens (including phenoxy) is 2. The normalized spacial score (nSPS) is 11.8. The van der Waals surface area contributed by atoms with Gasteiger partial charge in [0, 0.05) is 0 Å². The average Bonchev–Trinajstić information content (AvgIpc) is 2.60. The van der Waals surface area contributed by atoms with Gasteiger partial charge in [-0.2, -0.15) is 0 Å². The molecule has 0 aliphatic heterocycles. The molecule has 0 radical (unpaired) electrons. The minimum absolute atomic E-state index is 0.0969. The minimum atomic E-state index is -0.389. The molecule has 0 saturated heterocycles. The second-order valence-corrected chi connectivity index (χ2v) is 5.61. The Balaban J connectivity index is 1.94. The number of benzene rings is 2. The first-order valence-corrected chi connectivity index (χ1v) is 8.15. The molecule has 0 amide bonds. The molecule has 0 bridgehead atoms. The molecule has 0 N–H and O–H groups in total. The van der Waals surface area contributed by atoms with Gasteiger partial charge in [-0.1, -0.05) is 51.1 Å². The highest BCUT2D eigenvalue weighted by atomic mass is 16.6. The summed E-state index contributed by atoms with van der Waals surface area (Å²) < 4.78 is 11.0. The van der Waals surface area contributed by atoms with E-state index in [-0.39, 0.29) is 12.6 Å². The van der Waals surface area contributed by atoms with E-state index >= 15 is 0 Å². The average molecular weight is 312 g/mol. The van der Waals surface area contributed by atoms with E-state index in [1.807, 2.05) is 48.5 Å². The second-order valence-electron chi connectivity index (χ2n) is 5.61. The molecule has 0 spiro atoms. The van der Waals surface area contributed by atoms with Crippen LogP contribution in [0.3, 0.4) is 0 Å². The minimum Gasteiger partial charge on any atom is -0.482 e. The number of aryl methyl sites for hydroxylation is 1. The largest absolute Gasteiger partial charge is 0.482 e. The molecule has 2 aromatic rings. The maximum absolute atomic E-state index is 12.0. The zero-order valence-electron chi connectivity index (χ0n) is 14.0. The van der Waals surface area contributed by atoms with Gasteiger partial charge in [0.2, 0.25) is 0 Å². The van der Waals surface area contributed by atoms with Crippen LogP contribution in [0.4, 0.5) is 0 Å². The van der Waals surface area contributed by atoms with Crippen molar-refractivity contribution < 1.29 is 14.3 Å². The fourth-order valence-electron chi connectivity index (χ4n) is 2.32. The molecule has 23 heavy (non-hydrogen) atoms. The Morgan fingerprint density at radius 3 is 2.39 bits per heavy atom. The lowest BCUT2D eigenvalue weighted by molar-refractivity contribution is -0.136. The third kappa shape index (κ3) is 4.85. The van der Waals surface area contributed by atoms with Gasteiger partial charge in [0.05, 0.1) is 0 Å². The van der Waals surface area contributed by atoms with Gasteiger partial charge in [0.1, 0.15) is 11.5 Å². The molecule has 0 fully saturated rings. The van der Waals surface area contributed by atoms with Crippen molar-refractivity contribution in [1.29, 1.82) is 0 Å². The molecule has 2 aromatic carbocycles. The highest BCUT2D eigenvalue weighted by Gasteiger charge is 2.13. The van der Waals surface area contributed by atoms with Crippen LogP contribution in [0.1, 0.15) is 44.2 Å². The Bertz CT molecular complexity index is 632. The number of hydrogen-bond acceptors (Lipinski definition) is 3. The van der Waals surface area contributed by atoms with Gasteiger partial charge in [-0.15, -0.1) is 0 Å². The van der Waals surface area contributed by atoms with E-state index in [2.05, 4.69) is 20.8 Å². The van der Waals surface area contributed by atoms with Crippen LogP contribution in [0.25, 0.3) is 0 Å². The Morgan fingerprint density at radius 2 is 1.74 bits per heavy atom. The molecule has 0 saturated carbocycles. The van der Waals surface area contributed by atoms with Crippen LogP contribution in [0.5, 0.6) is 11.5 Å². The van der Waals surface area contributed by atoms with Crippen molar-refractivity contribution in [2.75, 3.05) is 6.61 Å². The first-order chi connectivity index (χ1) is 11.1. The van der Waals surface area contributed by atoms with Gasteiger partial charge in [0.25, 0.3) is 0 Å². The van der Waals surface area contributed by atoms with E-state index in [0.29, 0.717) is 17.4 Å². The highest BCUT2D eigenvalue weighted by Crippen LogP contribution is 2.28. The molecule has 3 nitrogen and oxygen atoms in total. The van der Waals surface area contributed by atoms with Crippen LogP contribution in [0.15, 0.2) is 48.5 Å². The molecule has 0 aromatic heterocycles. The number of hydrogen-bond donors (Lipinski definition) is 0. The fraction of sp³-hybridized carbons (Fsp3) is 0.350. The molecule has 1 unspecified atom stereocenters. The Morgan fingerprint density at radius 1 is 1.04 bits per heavy atom. The van der Waals surface area contributed by atoms with Crippen LogP contribution in [-0.4, -0.2) is 12.6 Å². The predicted octanol–water partition coefficient (Wildman–Crippen LogP) is 4.75. The molecule has 1 atom stereocenters. The van der Waals surface area contributed by atoms with Crippen LogP contribution in [0, 0.1) is 0 Å². The zero-order valence-corrected chi connectivity index (χ0v) is 14.0. The molecule has 0 aliphatic rings. The van der Waals surface area contributed by atoms with E-state index < -0.39 is 0 Å². The van der Waals surface area contributed by atoms with Crippen LogP contribution < -0.4 is 9.47 Å². The van der Waals surface area contributed by atoms with Crippen LogP contribution >= 0.6 is 0 Å². The summed E-state index contributed by atoms with van der Waals surface area (Å²) in [6.45, 7) is 6.24. The predicted molar refractivity (Wildman–Crippen MR) is 92.1 cm³/mol. The third-order valence-corrected chi connectivity index (χ3v) is 3.97. The monoisotopic (exact) mass is 312 g/mol. The summed E-state index contributed by atoms with van der Waals surface area (Å²) >= 11 is 0. The SMILES string of the molecule is CCc1ccc(OCC(=O)Oc2ccccc2C(C)CC)cc1. The Hall–Kier alpha value is -2.29. The molecule has 0 aliphatic carbocycles. The lowest BCUT2D eigenvalue weighted by atomic mass is 9.98. The summed E-state index contributed by atoms with van der Waals surface area (Å²) in [6, 6.07) is 15.4. The fourth-order valence-corrected chi connectivity index (χ4v) is 2.32. The van der Waals surface area contributed by atoms with Gasteiger partial charge < -0.3 is 9.47 Å². The standard InChI is InChI=1S/C20H24O3/c1-4-15(3)18-8-6-7-9-19(18)23-20(21)14-22-17-12-10-16(5-2)11-13-17/h6-13,15H,4-5,14H2,1-3H3. The lowest BCUT2D eigenvalue weighted by Crippen LogP contribution is -2.18. The lowest BCUT2D eigenvalue weighted by Gasteiger charge is -2.14. The van der Waals surface area contributed by atoms with Crippen molar-refractivity contribution in [2.24, 2.45) is 0 Å². The summed E-state index contributed by atoms with van der Waals surface area (Å²) in [5.74, 6) is 1.26. The van der Waals surface area contributed by atoms with Crippen molar-refractivity contribution in [3.8, 4) is 11.5 Å². The number of rotatable bonds is 7. The van der Waals surface area contributed by atoms with E-state index in [4.69, 9.17) is 9.47 Å². The highest BCUT2D eigenvalue weighted by molar-refractivity contribution is 5.74. The molecule has 0 heterocycles. The van der Waals surface area contributed by atoms with Gasteiger partial charge in [-0.25, -0.2) is 4.79 Å². The van der Waals surface area contributed by atoms with E-state index in [9.17, 15) is 4.79 Å². The Kier molecular flexibility index (Phi) is 6.21. The Labute approximate surface area is 138 Å². The van der Waals surface area contributed by atoms with Gasteiger partial charge in [0.15, 0.2) is 6.61 Å². The number of para-hydroxylation sites is 1. The molecule has 122 valence electrons. The maximum atomic E-state index is 12.0. The number of carbonyl (C=O) groups is 1.